The quantitative estimate of drug-likeness (QED) is 0.852. The molecular weight excluding hydrogens is 280 g/mol. The van der Waals surface area contributed by atoms with E-state index in [0.29, 0.717) is 0 Å². The molecule has 1 aliphatic rings. The summed E-state index contributed by atoms with van der Waals surface area (Å²) in [5.74, 6) is 0. The van der Waals surface area contributed by atoms with Gasteiger partial charge in [-0.1, -0.05) is 11.6 Å². The SMILES string of the molecule is Cc1csc(N2CCN(c3ccncc3Cl)CC2)n1. The van der Waals surface area contributed by atoms with Crippen molar-refractivity contribution in [2.45, 2.75) is 6.92 Å². The van der Waals surface area contributed by atoms with Gasteiger partial charge in [-0.2, -0.15) is 0 Å². The first kappa shape index (κ1) is 12.7. The van der Waals surface area contributed by atoms with Gasteiger partial charge in [0, 0.05) is 44.0 Å². The number of pyridine rings is 1. The number of anilines is 2. The van der Waals surface area contributed by atoms with Crippen molar-refractivity contribution in [3.8, 4) is 0 Å². The Hall–Kier alpha value is -1.33. The van der Waals surface area contributed by atoms with Crippen LogP contribution in [0.5, 0.6) is 0 Å². The van der Waals surface area contributed by atoms with Crippen molar-refractivity contribution in [1.82, 2.24) is 9.97 Å². The van der Waals surface area contributed by atoms with E-state index in [-0.39, 0.29) is 0 Å². The number of rotatable bonds is 2. The van der Waals surface area contributed by atoms with Gasteiger partial charge < -0.3 is 9.80 Å². The van der Waals surface area contributed by atoms with Gasteiger partial charge in [0.2, 0.25) is 0 Å². The first-order chi connectivity index (χ1) is 9.24. The van der Waals surface area contributed by atoms with Crippen LogP contribution in [0.3, 0.4) is 0 Å². The Labute approximate surface area is 121 Å². The van der Waals surface area contributed by atoms with Crippen LogP contribution in [0.25, 0.3) is 0 Å². The minimum atomic E-state index is 0.723. The Bertz CT molecular complexity index is 563. The summed E-state index contributed by atoms with van der Waals surface area (Å²) in [4.78, 5) is 13.2. The summed E-state index contributed by atoms with van der Waals surface area (Å²) in [7, 11) is 0. The maximum atomic E-state index is 6.19. The van der Waals surface area contributed by atoms with E-state index in [2.05, 4.69) is 25.1 Å². The highest BCUT2D eigenvalue weighted by Crippen LogP contribution is 2.27. The van der Waals surface area contributed by atoms with Gasteiger partial charge in [-0.05, 0) is 13.0 Å². The molecule has 0 N–H and O–H groups in total. The number of hydrogen-bond acceptors (Lipinski definition) is 5. The van der Waals surface area contributed by atoms with E-state index < -0.39 is 0 Å². The van der Waals surface area contributed by atoms with Crippen molar-refractivity contribution in [3.63, 3.8) is 0 Å². The van der Waals surface area contributed by atoms with Crippen LogP contribution >= 0.6 is 22.9 Å². The molecule has 19 heavy (non-hydrogen) atoms. The zero-order valence-electron chi connectivity index (χ0n) is 10.7. The van der Waals surface area contributed by atoms with E-state index in [1.165, 1.54) is 0 Å². The lowest BCUT2D eigenvalue weighted by molar-refractivity contribution is 0.651. The Kier molecular flexibility index (Phi) is 3.57. The van der Waals surface area contributed by atoms with Gasteiger partial charge in [-0.25, -0.2) is 4.98 Å². The molecule has 4 nitrogen and oxygen atoms in total. The fourth-order valence-corrected chi connectivity index (χ4v) is 3.35. The summed E-state index contributed by atoms with van der Waals surface area (Å²) in [6.07, 6.45) is 3.49. The molecule has 1 aliphatic heterocycles. The first-order valence-electron chi connectivity index (χ1n) is 6.25. The molecule has 2 aromatic heterocycles. The first-order valence-corrected chi connectivity index (χ1v) is 7.51. The lowest BCUT2D eigenvalue weighted by Crippen LogP contribution is -2.46. The van der Waals surface area contributed by atoms with Gasteiger partial charge in [0.15, 0.2) is 5.13 Å². The number of aromatic nitrogens is 2. The van der Waals surface area contributed by atoms with E-state index in [0.717, 1.165) is 47.7 Å². The number of hydrogen-bond donors (Lipinski definition) is 0. The number of nitrogens with zero attached hydrogens (tertiary/aromatic N) is 4. The Morgan fingerprint density at radius 2 is 1.95 bits per heavy atom. The van der Waals surface area contributed by atoms with Crippen molar-refractivity contribution in [3.05, 3.63) is 34.6 Å². The average molecular weight is 295 g/mol. The van der Waals surface area contributed by atoms with Crippen LogP contribution in [0.2, 0.25) is 5.02 Å². The molecule has 0 spiro atoms. The largest absolute Gasteiger partial charge is 0.367 e. The average Bonchev–Trinajstić information content (AvgIpc) is 2.86. The van der Waals surface area contributed by atoms with Gasteiger partial charge in [-0.15, -0.1) is 11.3 Å². The third-order valence-corrected chi connectivity index (χ3v) is 4.56. The van der Waals surface area contributed by atoms with E-state index >= 15 is 0 Å². The molecule has 0 bridgehead atoms. The molecule has 3 rings (SSSR count). The Morgan fingerprint density at radius 1 is 1.21 bits per heavy atom. The number of aryl methyl sites for hydroxylation is 1. The second-order valence-corrected chi connectivity index (χ2v) is 5.82. The number of piperazine rings is 1. The van der Waals surface area contributed by atoms with Crippen LogP contribution in [-0.2, 0) is 0 Å². The van der Waals surface area contributed by atoms with E-state index in [4.69, 9.17) is 11.6 Å². The molecule has 0 unspecified atom stereocenters. The summed E-state index contributed by atoms with van der Waals surface area (Å²) in [5, 5.41) is 3.94. The summed E-state index contributed by atoms with van der Waals surface area (Å²) in [5.41, 5.74) is 2.17. The molecule has 1 saturated heterocycles. The summed E-state index contributed by atoms with van der Waals surface area (Å²) in [6, 6.07) is 1.98. The van der Waals surface area contributed by atoms with Crippen molar-refractivity contribution in [2.24, 2.45) is 0 Å². The molecule has 0 aliphatic carbocycles. The number of thiazole rings is 1. The van der Waals surface area contributed by atoms with Crippen molar-refractivity contribution in [2.75, 3.05) is 36.0 Å². The molecule has 0 saturated carbocycles. The van der Waals surface area contributed by atoms with Crippen LogP contribution in [0.4, 0.5) is 10.8 Å². The molecule has 6 heteroatoms. The highest BCUT2D eigenvalue weighted by molar-refractivity contribution is 7.13. The second kappa shape index (κ2) is 5.35. The second-order valence-electron chi connectivity index (χ2n) is 4.57. The minimum absolute atomic E-state index is 0.723. The third kappa shape index (κ3) is 2.67. The van der Waals surface area contributed by atoms with Gasteiger partial charge in [-0.3, -0.25) is 4.98 Å². The van der Waals surface area contributed by atoms with Gasteiger partial charge in [0.05, 0.1) is 16.4 Å². The van der Waals surface area contributed by atoms with Crippen LogP contribution in [0.1, 0.15) is 5.69 Å². The van der Waals surface area contributed by atoms with Crippen molar-refractivity contribution >= 4 is 33.8 Å². The molecule has 0 atom stereocenters. The smallest absolute Gasteiger partial charge is 0.185 e. The molecule has 0 amide bonds. The van der Waals surface area contributed by atoms with Crippen LogP contribution in [0, 0.1) is 6.92 Å². The van der Waals surface area contributed by atoms with Crippen molar-refractivity contribution in [1.29, 1.82) is 0 Å². The van der Waals surface area contributed by atoms with E-state index in [1.807, 2.05) is 13.0 Å². The normalized spacial score (nSPS) is 15.9. The fraction of sp³-hybridized carbons (Fsp3) is 0.385. The predicted octanol–water partition coefficient (Wildman–Crippen LogP) is 2.83. The number of halogens is 1. The molecule has 3 heterocycles. The maximum Gasteiger partial charge on any atom is 0.185 e. The van der Waals surface area contributed by atoms with E-state index in [1.54, 1.807) is 23.7 Å². The molecule has 1 fully saturated rings. The Morgan fingerprint density at radius 3 is 2.58 bits per heavy atom. The topological polar surface area (TPSA) is 32.3 Å². The highest BCUT2D eigenvalue weighted by atomic mass is 35.5. The predicted molar refractivity (Wildman–Crippen MR) is 80.5 cm³/mol. The monoisotopic (exact) mass is 294 g/mol. The molecule has 0 radical (unpaired) electrons. The highest BCUT2D eigenvalue weighted by Gasteiger charge is 2.20. The summed E-state index contributed by atoms with van der Waals surface area (Å²) < 4.78 is 0. The zero-order valence-corrected chi connectivity index (χ0v) is 12.3. The van der Waals surface area contributed by atoms with Gasteiger partial charge in [0.25, 0.3) is 0 Å². The molecule has 2 aromatic rings. The fourth-order valence-electron chi connectivity index (χ4n) is 2.25. The molecule has 100 valence electrons. The Balaban J connectivity index is 1.68. The van der Waals surface area contributed by atoms with Gasteiger partial charge >= 0.3 is 0 Å². The standard InChI is InChI=1S/C13H15ClN4S/c1-10-9-19-13(16-10)18-6-4-17(5-7-18)12-2-3-15-8-11(12)14/h2-3,8-9H,4-7H2,1H3. The van der Waals surface area contributed by atoms with Crippen LogP contribution in [0.15, 0.2) is 23.8 Å². The lowest BCUT2D eigenvalue weighted by atomic mass is 10.3. The third-order valence-electron chi connectivity index (χ3n) is 3.25. The molecular formula is C13H15ClN4S. The molecule has 0 aromatic carbocycles. The van der Waals surface area contributed by atoms with Crippen LogP contribution in [-0.4, -0.2) is 36.1 Å². The lowest BCUT2D eigenvalue weighted by Gasteiger charge is -2.36. The van der Waals surface area contributed by atoms with Crippen molar-refractivity contribution < 1.29 is 0 Å². The maximum absolute atomic E-state index is 6.19. The summed E-state index contributed by atoms with van der Waals surface area (Å²) in [6.45, 7) is 5.91. The van der Waals surface area contributed by atoms with Crippen LogP contribution < -0.4 is 9.80 Å². The summed E-state index contributed by atoms with van der Waals surface area (Å²) >= 11 is 7.90. The van der Waals surface area contributed by atoms with Gasteiger partial charge in [0.1, 0.15) is 0 Å². The minimum Gasteiger partial charge on any atom is -0.367 e. The van der Waals surface area contributed by atoms with E-state index in [9.17, 15) is 0 Å². The zero-order chi connectivity index (χ0) is 13.2.